The quantitative estimate of drug-likeness (QED) is 0.0680. The van der Waals surface area contributed by atoms with Crippen molar-refractivity contribution < 1.29 is 31.4 Å². The molecule has 1 amide bonds. The molecule has 4 rings (SSSR count). The normalized spacial score (nSPS) is 9.38. The molecule has 0 aliphatic rings. The number of nitrogens with two attached hydrogens (primary N) is 2. The molecule has 0 radical (unpaired) electrons. The predicted molar refractivity (Wildman–Crippen MR) is 182 cm³/mol. The molecule has 0 bridgehead atoms. The van der Waals surface area contributed by atoms with Crippen LogP contribution < -0.4 is 28.4 Å². The number of nitrogens with zero attached hydrogens (tertiary/aromatic N) is 5. The van der Waals surface area contributed by atoms with E-state index in [9.17, 15) is 9.59 Å². The molecule has 4 N–H and O–H groups in total. The molecule has 2 aromatic carbocycles. The van der Waals surface area contributed by atoms with Crippen LogP contribution in [-0.2, 0) is 4.84 Å². The van der Waals surface area contributed by atoms with Crippen LogP contribution >= 0.6 is 46.7 Å². The summed E-state index contributed by atoms with van der Waals surface area (Å²) in [4.78, 5) is 45.0. The van der Waals surface area contributed by atoms with Crippen LogP contribution in [0.15, 0.2) is 71.2 Å². The Bertz CT molecular complexity index is 1460. The van der Waals surface area contributed by atoms with E-state index in [2.05, 4.69) is 26.0 Å². The fraction of sp³-hybridized carbons (Fsp3) is 0.241. The third-order valence-corrected chi connectivity index (χ3v) is 6.95. The van der Waals surface area contributed by atoms with E-state index in [1.807, 2.05) is 13.8 Å². The van der Waals surface area contributed by atoms with Crippen LogP contribution in [0.1, 0.15) is 47.6 Å². The second kappa shape index (κ2) is 24.1. The van der Waals surface area contributed by atoms with Gasteiger partial charge >= 0.3 is 23.1 Å². The fourth-order valence-corrected chi connectivity index (χ4v) is 4.22. The van der Waals surface area contributed by atoms with Crippen LogP contribution in [0.2, 0.25) is 10.0 Å². The number of hydrogen-bond acceptors (Lipinski definition) is 11. The molecule has 0 aliphatic carbocycles. The van der Waals surface area contributed by atoms with Crippen molar-refractivity contribution in [2.24, 2.45) is 0 Å². The van der Waals surface area contributed by atoms with Gasteiger partial charge in [0.25, 0.3) is 5.91 Å². The number of nitrogen functional groups attached to an aromatic ring is 2. The van der Waals surface area contributed by atoms with Crippen molar-refractivity contribution in [2.75, 3.05) is 37.1 Å². The van der Waals surface area contributed by atoms with E-state index >= 15 is 0 Å². The molecule has 238 valence electrons. The largest absolute Gasteiger partial charge is 2.00 e. The van der Waals surface area contributed by atoms with E-state index in [0.717, 1.165) is 21.6 Å². The SMILES string of the molecule is C.CCSc1ncc(C(=O)N(C)OC)c(N)n1.CCSc1ncc(C(=O)c2ccc(Cl)cc2)c(N)n1.Clc1cc[c-]cc1.[Br-].[Mg+2]. The third kappa shape index (κ3) is 15.3. The summed E-state index contributed by atoms with van der Waals surface area (Å²) in [5.41, 5.74) is 12.5. The van der Waals surface area contributed by atoms with Crippen molar-refractivity contribution in [1.82, 2.24) is 25.0 Å². The van der Waals surface area contributed by atoms with E-state index in [1.165, 1.54) is 50.1 Å². The van der Waals surface area contributed by atoms with Gasteiger partial charge in [-0.15, -0.1) is 11.6 Å². The Balaban J connectivity index is 0. The molecule has 45 heavy (non-hydrogen) atoms. The molecule has 4 aromatic rings. The smallest absolute Gasteiger partial charge is 1.00 e. The second-order valence-corrected chi connectivity index (χ2v) is 11.1. The van der Waals surface area contributed by atoms with E-state index in [0.29, 0.717) is 26.5 Å². The number of anilines is 2. The van der Waals surface area contributed by atoms with E-state index in [4.69, 9.17) is 39.5 Å². The van der Waals surface area contributed by atoms with E-state index in [1.54, 1.807) is 48.5 Å². The molecule has 2 aromatic heterocycles. The summed E-state index contributed by atoms with van der Waals surface area (Å²) < 4.78 is 0. The van der Waals surface area contributed by atoms with Gasteiger partial charge in [-0.1, -0.05) is 61.4 Å². The minimum Gasteiger partial charge on any atom is -1.00 e. The Morgan fingerprint density at radius 2 is 1.31 bits per heavy atom. The van der Waals surface area contributed by atoms with Crippen LogP contribution in [0.25, 0.3) is 0 Å². The van der Waals surface area contributed by atoms with Crippen molar-refractivity contribution in [3.8, 4) is 0 Å². The summed E-state index contributed by atoms with van der Waals surface area (Å²) in [7, 11) is 2.90. The monoisotopic (exact) mass is 765 g/mol. The fourth-order valence-electron chi connectivity index (χ4n) is 2.87. The number of carbonyl (C=O) groups is 2. The van der Waals surface area contributed by atoms with Crippen LogP contribution in [-0.4, -0.2) is 85.4 Å². The van der Waals surface area contributed by atoms with Gasteiger partial charge in [0.2, 0.25) is 0 Å². The number of hydroxylamine groups is 2. The summed E-state index contributed by atoms with van der Waals surface area (Å²) in [5, 5.41) is 3.56. The van der Waals surface area contributed by atoms with Crippen LogP contribution in [0, 0.1) is 6.07 Å². The molecule has 0 saturated heterocycles. The van der Waals surface area contributed by atoms with Gasteiger partial charge in [0.15, 0.2) is 16.1 Å². The Morgan fingerprint density at radius 3 is 1.69 bits per heavy atom. The zero-order valence-corrected chi connectivity index (χ0v) is 30.6. The molecule has 0 aliphatic heterocycles. The number of aromatic nitrogens is 4. The average Bonchev–Trinajstić information content (AvgIpc) is 2.98. The zero-order chi connectivity index (χ0) is 31.1. The molecule has 2 heterocycles. The van der Waals surface area contributed by atoms with Gasteiger partial charge in [0.05, 0.1) is 12.7 Å². The minimum atomic E-state index is -0.368. The second-order valence-electron chi connectivity index (χ2n) is 7.81. The number of ketones is 1. The summed E-state index contributed by atoms with van der Waals surface area (Å²) in [5.74, 6) is 1.50. The van der Waals surface area contributed by atoms with Crippen LogP contribution in [0.4, 0.5) is 11.6 Å². The number of carbonyl (C=O) groups excluding carboxylic acids is 2. The Labute approximate surface area is 309 Å². The standard InChI is InChI=1S/C13H12ClN3OS.C9H14N4O2S.C6H4Cl.CH4.BrH.Mg/c1-2-19-13-16-7-10(12(15)17-13)11(18)8-3-5-9(14)6-4-8;1-4-16-9-11-5-6(7(10)12-9)8(14)13(2)15-3;7-6-4-2-1-3-5-6;;;/h3-7H,2H2,1H3,(H2,15,16,17);5H,4H2,1-3H3,(H2,10,11,12);2-5H;1H4;1H;/q;;-1;;;+2/p-1. The molecule has 0 fully saturated rings. The van der Waals surface area contributed by atoms with Crippen molar-refractivity contribution >= 4 is 93.1 Å². The van der Waals surface area contributed by atoms with E-state index < -0.39 is 0 Å². The Morgan fingerprint density at radius 1 is 0.867 bits per heavy atom. The maximum atomic E-state index is 12.2. The van der Waals surface area contributed by atoms with Gasteiger partial charge in [-0.2, -0.15) is 30.3 Å². The molecule has 0 atom stereocenters. The van der Waals surface area contributed by atoms with Crippen LogP contribution in [0.5, 0.6) is 0 Å². The van der Waals surface area contributed by atoms with Gasteiger partial charge in [-0.3, -0.25) is 14.4 Å². The van der Waals surface area contributed by atoms with Crippen LogP contribution in [0.3, 0.4) is 0 Å². The number of halogens is 3. The van der Waals surface area contributed by atoms with Gasteiger partial charge in [0.1, 0.15) is 17.2 Å². The number of benzene rings is 2. The number of hydrogen-bond donors (Lipinski definition) is 2. The predicted octanol–water partition coefficient (Wildman–Crippen LogP) is 3.26. The Hall–Kier alpha value is -2.17. The molecule has 0 spiro atoms. The maximum absolute atomic E-state index is 12.2. The summed E-state index contributed by atoms with van der Waals surface area (Å²) in [6.07, 6.45) is 2.88. The first-order valence-corrected chi connectivity index (χ1v) is 15.1. The molecular formula is C29H34BrCl2MgN7O3S2. The number of amides is 1. The van der Waals surface area contributed by atoms with Crippen molar-refractivity contribution in [1.29, 1.82) is 0 Å². The van der Waals surface area contributed by atoms with Gasteiger partial charge in [0, 0.05) is 30.0 Å². The first-order chi connectivity index (χ1) is 20.1. The molecule has 0 unspecified atom stereocenters. The first-order valence-electron chi connectivity index (χ1n) is 12.4. The van der Waals surface area contributed by atoms with Crippen molar-refractivity contribution in [2.45, 2.75) is 31.6 Å². The molecule has 16 heteroatoms. The first kappa shape index (κ1) is 44.9. The van der Waals surface area contributed by atoms with Gasteiger partial charge < -0.3 is 28.4 Å². The topological polar surface area (TPSA) is 150 Å². The molecule has 0 saturated carbocycles. The molecular weight excluding hydrogens is 734 g/mol. The summed E-state index contributed by atoms with van der Waals surface area (Å²) >= 11 is 14.2. The summed E-state index contributed by atoms with van der Waals surface area (Å²) in [6, 6.07) is 16.6. The summed E-state index contributed by atoms with van der Waals surface area (Å²) in [6.45, 7) is 3.99. The van der Waals surface area contributed by atoms with Crippen molar-refractivity contribution in [3.05, 3.63) is 93.7 Å². The minimum absolute atomic E-state index is 0. The zero-order valence-electron chi connectivity index (χ0n) is 24.5. The van der Waals surface area contributed by atoms with Gasteiger partial charge in [-0.05, 0) is 35.8 Å². The maximum Gasteiger partial charge on any atom is 2.00 e. The van der Waals surface area contributed by atoms with Crippen molar-refractivity contribution in [3.63, 3.8) is 0 Å². The number of thioether (sulfide) groups is 2. The third-order valence-electron chi connectivity index (χ3n) is 4.96. The molecule has 10 nitrogen and oxygen atoms in total. The number of rotatable bonds is 8. The average molecular weight is 768 g/mol. The van der Waals surface area contributed by atoms with Gasteiger partial charge in [-0.25, -0.2) is 25.0 Å². The Kier molecular flexibility index (Phi) is 24.0. The van der Waals surface area contributed by atoms with E-state index in [-0.39, 0.29) is 76.4 Å².